The molecule has 0 bridgehead atoms. The zero-order chi connectivity index (χ0) is 38.4. The standard InChI is InChI=1S/2C16H34O7S2.2Na/c2*1-2-3-4-5-6-7-8-9-10-11-12-13-14-16(24(17,18)19)15-23-25(20,21)22;;/h2*16H,2-15H2,1H3,(H,17,18,19)(H,20,21,22);;/q;;2*+1/p-2. The fourth-order valence-electron chi connectivity index (χ4n) is 5.38. The van der Waals surface area contributed by atoms with Gasteiger partial charge >= 0.3 is 59.1 Å². The van der Waals surface area contributed by atoms with Gasteiger partial charge in [-0.3, -0.25) is 17.5 Å². The SMILES string of the molecule is CCCCCCCCCCCCCCC(COS(=O)(=O)[O-])S(=O)(=O)O.CCCCCCCCCCCCCCC(COS(=O)(=O)[O-])S(=O)(=O)O.[Na+].[Na+]. The third kappa shape index (κ3) is 45.9. The largest absolute Gasteiger partial charge is 1.00 e. The molecule has 0 aromatic rings. The number of hydrogen-bond acceptors (Lipinski definition) is 12. The van der Waals surface area contributed by atoms with Crippen molar-refractivity contribution in [1.82, 2.24) is 0 Å². The Kier molecular flexibility index (Phi) is 42.7. The van der Waals surface area contributed by atoms with Gasteiger partial charge in [-0.25, -0.2) is 16.8 Å². The molecule has 14 nitrogen and oxygen atoms in total. The van der Waals surface area contributed by atoms with Crippen molar-refractivity contribution >= 4 is 41.0 Å². The minimum Gasteiger partial charge on any atom is -0.726 e. The van der Waals surface area contributed by atoms with Gasteiger partial charge in [0, 0.05) is 0 Å². The van der Waals surface area contributed by atoms with Gasteiger partial charge in [0.05, 0.1) is 13.2 Å². The summed E-state index contributed by atoms with van der Waals surface area (Å²) < 4.78 is 133. The van der Waals surface area contributed by atoms with Gasteiger partial charge in [0.1, 0.15) is 10.5 Å². The maximum Gasteiger partial charge on any atom is 1.00 e. The molecule has 0 radical (unpaired) electrons. The molecule has 2 atom stereocenters. The van der Waals surface area contributed by atoms with Gasteiger partial charge in [-0.2, -0.15) is 16.8 Å². The molecule has 0 fully saturated rings. The molecular weight excluding hydrogens is 783 g/mol. The summed E-state index contributed by atoms with van der Waals surface area (Å²) in [6.07, 6.45) is 27.2. The minimum atomic E-state index is -4.96. The van der Waals surface area contributed by atoms with Crippen molar-refractivity contribution in [3.05, 3.63) is 0 Å². The van der Waals surface area contributed by atoms with E-state index in [1.54, 1.807) is 0 Å². The van der Waals surface area contributed by atoms with Crippen molar-refractivity contribution in [3.63, 3.8) is 0 Å². The van der Waals surface area contributed by atoms with Crippen LogP contribution in [0.1, 0.15) is 181 Å². The molecule has 304 valence electrons. The van der Waals surface area contributed by atoms with E-state index in [0.29, 0.717) is 12.8 Å². The van der Waals surface area contributed by atoms with Crippen LogP contribution >= 0.6 is 0 Å². The summed E-state index contributed by atoms with van der Waals surface area (Å²) in [5.41, 5.74) is 0. The van der Waals surface area contributed by atoms with Crippen LogP contribution in [0, 0.1) is 0 Å². The normalized spacial score (nSPS) is 13.3. The van der Waals surface area contributed by atoms with Gasteiger partial charge in [0.2, 0.25) is 20.8 Å². The van der Waals surface area contributed by atoms with Gasteiger partial charge in [0.25, 0.3) is 20.2 Å². The van der Waals surface area contributed by atoms with E-state index in [1.807, 2.05) is 0 Å². The second-order valence-corrected chi connectivity index (χ2v) is 18.5. The molecule has 52 heavy (non-hydrogen) atoms. The van der Waals surface area contributed by atoms with E-state index in [0.717, 1.165) is 51.4 Å². The maximum absolute atomic E-state index is 11.2. The van der Waals surface area contributed by atoms with Gasteiger partial charge in [-0.15, -0.1) is 0 Å². The first-order valence-corrected chi connectivity index (χ1v) is 24.1. The summed E-state index contributed by atoms with van der Waals surface area (Å²) in [6, 6.07) is 0. The summed E-state index contributed by atoms with van der Waals surface area (Å²) in [5.74, 6) is 0. The zero-order valence-electron chi connectivity index (χ0n) is 32.4. The van der Waals surface area contributed by atoms with Crippen LogP contribution in [0.3, 0.4) is 0 Å². The zero-order valence-corrected chi connectivity index (χ0v) is 39.6. The molecule has 0 spiro atoms. The third-order valence-electron chi connectivity index (χ3n) is 8.40. The van der Waals surface area contributed by atoms with Crippen molar-refractivity contribution in [2.75, 3.05) is 13.2 Å². The number of hydrogen-bond donors (Lipinski definition) is 2. The van der Waals surface area contributed by atoms with E-state index >= 15 is 0 Å². The molecule has 0 aromatic carbocycles. The molecule has 2 unspecified atom stereocenters. The van der Waals surface area contributed by atoms with E-state index in [9.17, 15) is 42.8 Å². The Balaban J connectivity index is -0.000000427. The topological polar surface area (TPSA) is 242 Å². The Bertz CT molecular complexity index is 1140. The smallest absolute Gasteiger partial charge is 0.726 e. The second-order valence-electron chi connectivity index (χ2n) is 13.0. The first kappa shape index (κ1) is 60.2. The summed E-state index contributed by atoms with van der Waals surface area (Å²) in [7, 11) is -18.8. The average molecular weight is 849 g/mol. The van der Waals surface area contributed by atoms with Crippen LogP contribution in [0.5, 0.6) is 0 Å². The van der Waals surface area contributed by atoms with Crippen LogP contribution in [-0.4, -0.2) is 75.6 Å². The van der Waals surface area contributed by atoms with E-state index in [2.05, 4.69) is 22.2 Å². The summed E-state index contributed by atoms with van der Waals surface area (Å²) >= 11 is 0. The Labute approximate surface area is 361 Å². The van der Waals surface area contributed by atoms with E-state index in [4.69, 9.17) is 9.11 Å². The predicted octanol–water partition coefficient (Wildman–Crippen LogP) is 1.63. The predicted molar refractivity (Wildman–Crippen MR) is 193 cm³/mol. The summed E-state index contributed by atoms with van der Waals surface area (Å²) in [4.78, 5) is 0. The molecule has 0 saturated heterocycles. The Morgan fingerprint density at radius 1 is 0.404 bits per heavy atom. The summed E-state index contributed by atoms with van der Waals surface area (Å²) in [5, 5.41) is -2.75. The maximum atomic E-state index is 11.2. The van der Waals surface area contributed by atoms with Crippen LogP contribution in [0.4, 0.5) is 0 Å². The first-order chi connectivity index (χ1) is 23.3. The van der Waals surface area contributed by atoms with Crippen molar-refractivity contribution in [2.24, 2.45) is 0 Å². The Hall–Kier alpha value is 1.56. The van der Waals surface area contributed by atoms with Crippen molar-refractivity contribution in [1.29, 1.82) is 0 Å². The van der Waals surface area contributed by atoms with Gasteiger partial charge in [-0.05, 0) is 12.8 Å². The monoisotopic (exact) mass is 848 g/mol. The molecule has 2 N–H and O–H groups in total. The molecule has 0 aliphatic heterocycles. The molecule has 0 amide bonds. The van der Waals surface area contributed by atoms with Crippen molar-refractivity contribution < 1.29 is 119 Å². The Morgan fingerprint density at radius 2 is 0.596 bits per heavy atom. The van der Waals surface area contributed by atoms with E-state index < -0.39 is 64.7 Å². The van der Waals surface area contributed by atoms with Crippen LogP contribution in [0.15, 0.2) is 0 Å². The van der Waals surface area contributed by atoms with Gasteiger partial charge in [-0.1, -0.05) is 168 Å². The average Bonchev–Trinajstić information content (AvgIpc) is 2.99. The molecule has 20 heteroatoms. The van der Waals surface area contributed by atoms with Gasteiger partial charge in [0.15, 0.2) is 0 Å². The molecule has 0 aromatic heterocycles. The second kappa shape index (κ2) is 36.9. The van der Waals surface area contributed by atoms with Crippen molar-refractivity contribution in [3.8, 4) is 0 Å². The molecule has 0 rings (SSSR count). The van der Waals surface area contributed by atoms with Crippen molar-refractivity contribution in [2.45, 2.75) is 191 Å². The fraction of sp³-hybridized carbons (Fsp3) is 1.00. The quantitative estimate of drug-likeness (QED) is 0.0405. The first-order valence-electron chi connectivity index (χ1n) is 18.5. The molecular formula is C32H66Na2O14S4. The van der Waals surface area contributed by atoms with Crippen LogP contribution in [0.2, 0.25) is 0 Å². The summed E-state index contributed by atoms with van der Waals surface area (Å²) in [6.45, 7) is 2.75. The van der Waals surface area contributed by atoms with E-state index in [1.165, 1.54) is 89.9 Å². The number of rotatable bonds is 34. The molecule has 0 saturated carbocycles. The molecule has 0 heterocycles. The Morgan fingerprint density at radius 3 is 0.769 bits per heavy atom. The third-order valence-corrected chi connectivity index (χ3v) is 11.7. The van der Waals surface area contributed by atoms with E-state index in [-0.39, 0.29) is 72.0 Å². The minimum absolute atomic E-state index is 0. The molecule has 0 aliphatic rings. The van der Waals surface area contributed by atoms with Crippen LogP contribution in [0.25, 0.3) is 0 Å². The molecule has 0 aliphatic carbocycles. The van der Waals surface area contributed by atoms with Gasteiger partial charge < -0.3 is 9.11 Å². The fourth-order valence-corrected chi connectivity index (χ4v) is 7.62. The number of unbranched alkanes of at least 4 members (excludes halogenated alkanes) is 22. The van der Waals surface area contributed by atoms with Crippen LogP contribution < -0.4 is 59.1 Å². The van der Waals surface area contributed by atoms with Crippen LogP contribution in [-0.2, 0) is 49.4 Å².